The molecule has 0 atom stereocenters. The molecule has 0 radical (unpaired) electrons. The minimum absolute atomic E-state index is 0.0307. The van der Waals surface area contributed by atoms with Gasteiger partial charge in [0.05, 0.1) is 23.3 Å². The molecule has 1 saturated carbocycles. The summed E-state index contributed by atoms with van der Waals surface area (Å²) < 4.78 is 13.7. The first kappa shape index (κ1) is 24.4. The molecule has 1 aliphatic carbocycles. The number of nitrogens with one attached hydrogen (secondary N) is 2. The molecule has 36 heavy (non-hydrogen) atoms. The van der Waals surface area contributed by atoms with Crippen LogP contribution in [0.1, 0.15) is 54.4 Å². The van der Waals surface area contributed by atoms with E-state index in [1.807, 2.05) is 29.2 Å². The van der Waals surface area contributed by atoms with Gasteiger partial charge in [-0.25, -0.2) is 9.37 Å². The molecule has 2 amide bonds. The van der Waals surface area contributed by atoms with E-state index in [-0.39, 0.29) is 24.2 Å². The largest absolute Gasteiger partial charge is 0.354 e. The standard InChI is InChI=1S/C29H33FN4O2/c30-22-12-10-21(11-13-22)28-24(18-34-17-16-31-26(35)19-34)27(23-8-4-5-9-25(23)33-28)29(36)32-15-14-20-6-2-1-3-7-20/h4-5,8-13,20H,1-3,6-7,14-19H2,(H,31,35)(H,32,36). The highest BCUT2D eigenvalue weighted by Crippen LogP contribution is 2.32. The van der Waals surface area contributed by atoms with Crippen LogP contribution < -0.4 is 10.6 Å². The Morgan fingerprint density at radius 2 is 1.86 bits per heavy atom. The molecule has 2 aliphatic rings. The summed E-state index contributed by atoms with van der Waals surface area (Å²) >= 11 is 0. The van der Waals surface area contributed by atoms with Crippen LogP contribution in [0, 0.1) is 11.7 Å². The predicted octanol–water partition coefficient (Wildman–Crippen LogP) is 4.67. The fourth-order valence-corrected chi connectivity index (χ4v) is 5.52. The second-order valence-electron chi connectivity index (χ2n) is 9.95. The molecular weight excluding hydrogens is 455 g/mol. The lowest BCUT2D eigenvalue weighted by atomic mass is 9.87. The van der Waals surface area contributed by atoms with Crippen molar-refractivity contribution in [3.63, 3.8) is 0 Å². The molecule has 188 valence electrons. The Hall–Kier alpha value is -3.32. The van der Waals surface area contributed by atoms with Gasteiger partial charge < -0.3 is 10.6 Å². The van der Waals surface area contributed by atoms with Crippen molar-refractivity contribution in [3.05, 3.63) is 65.5 Å². The van der Waals surface area contributed by atoms with Crippen molar-refractivity contribution in [2.75, 3.05) is 26.2 Å². The third-order valence-electron chi connectivity index (χ3n) is 7.40. The number of hydrogen-bond donors (Lipinski definition) is 2. The van der Waals surface area contributed by atoms with Gasteiger partial charge in [0.25, 0.3) is 5.91 Å². The maximum absolute atomic E-state index is 13.8. The fourth-order valence-electron chi connectivity index (χ4n) is 5.52. The molecule has 1 aromatic heterocycles. The van der Waals surface area contributed by atoms with Crippen LogP contribution in [0.25, 0.3) is 22.2 Å². The lowest BCUT2D eigenvalue weighted by Crippen LogP contribution is -2.47. The molecule has 3 aromatic rings. The molecule has 0 spiro atoms. The Bertz CT molecular complexity index is 1240. The number of para-hydroxylation sites is 1. The summed E-state index contributed by atoms with van der Waals surface area (Å²) in [4.78, 5) is 32.8. The number of rotatable bonds is 7. The number of benzene rings is 2. The van der Waals surface area contributed by atoms with E-state index in [9.17, 15) is 14.0 Å². The van der Waals surface area contributed by atoms with Gasteiger partial charge in [0.15, 0.2) is 0 Å². The van der Waals surface area contributed by atoms with Gasteiger partial charge in [0.2, 0.25) is 5.91 Å². The molecule has 5 rings (SSSR count). The van der Waals surface area contributed by atoms with Gasteiger partial charge in [0.1, 0.15) is 5.82 Å². The number of carbonyl (C=O) groups excluding carboxylic acids is 2. The summed E-state index contributed by atoms with van der Waals surface area (Å²) in [5.74, 6) is 0.199. The Kier molecular flexibility index (Phi) is 7.56. The molecule has 1 aliphatic heterocycles. The predicted molar refractivity (Wildman–Crippen MR) is 139 cm³/mol. The van der Waals surface area contributed by atoms with Gasteiger partial charge in [0, 0.05) is 42.7 Å². The van der Waals surface area contributed by atoms with Crippen molar-refractivity contribution in [1.82, 2.24) is 20.5 Å². The zero-order chi connectivity index (χ0) is 24.9. The van der Waals surface area contributed by atoms with Crippen molar-refractivity contribution in [1.29, 1.82) is 0 Å². The third-order valence-corrected chi connectivity index (χ3v) is 7.40. The van der Waals surface area contributed by atoms with Gasteiger partial charge in [-0.15, -0.1) is 0 Å². The van der Waals surface area contributed by atoms with E-state index in [4.69, 9.17) is 4.98 Å². The fraction of sp³-hybridized carbons (Fsp3) is 0.414. The molecule has 2 aromatic carbocycles. The quantitative estimate of drug-likeness (QED) is 0.507. The first-order chi connectivity index (χ1) is 17.6. The Morgan fingerprint density at radius 3 is 2.64 bits per heavy atom. The SMILES string of the molecule is O=C1CN(Cc2c(-c3ccc(F)cc3)nc3ccccc3c2C(=O)NCCC2CCCCC2)CCN1. The zero-order valence-electron chi connectivity index (χ0n) is 20.6. The molecule has 6 nitrogen and oxygen atoms in total. The molecule has 0 bridgehead atoms. The summed E-state index contributed by atoms with van der Waals surface area (Å²) in [6, 6.07) is 13.9. The topological polar surface area (TPSA) is 74.3 Å². The average molecular weight is 489 g/mol. The van der Waals surface area contributed by atoms with Gasteiger partial charge >= 0.3 is 0 Å². The van der Waals surface area contributed by atoms with Crippen LogP contribution in [-0.4, -0.2) is 47.9 Å². The maximum Gasteiger partial charge on any atom is 0.252 e. The lowest BCUT2D eigenvalue weighted by Gasteiger charge is -2.28. The number of fused-ring (bicyclic) bond motifs is 1. The highest BCUT2D eigenvalue weighted by molar-refractivity contribution is 6.09. The van der Waals surface area contributed by atoms with Gasteiger partial charge in [-0.1, -0.05) is 50.3 Å². The van der Waals surface area contributed by atoms with E-state index in [2.05, 4.69) is 10.6 Å². The molecular formula is C29H33FN4O2. The maximum atomic E-state index is 13.8. The van der Waals surface area contributed by atoms with E-state index in [0.717, 1.165) is 28.5 Å². The number of pyridine rings is 1. The van der Waals surface area contributed by atoms with Gasteiger partial charge in [-0.3, -0.25) is 14.5 Å². The number of hydrogen-bond acceptors (Lipinski definition) is 4. The van der Waals surface area contributed by atoms with E-state index in [1.54, 1.807) is 12.1 Å². The van der Waals surface area contributed by atoms with Crippen molar-refractivity contribution < 1.29 is 14.0 Å². The number of piperazine rings is 1. The highest BCUT2D eigenvalue weighted by atomic mass is 19.1. The summed E-state index contributed by atoms with van der Waals surface area (Å²) in [5, 5.41) is 6.83. The normalized spacial score (nSPS) is 17.2. The van der Waals surface area contributed by atoms with Crippen LogP contribution in [0.2, 0.25) is 0 Å². The van der Waals surface area contributed by atoms with Crippen LogP contribution in [0.5, 0.6) is 0 Å². The van der Waals surface area contributed by atoms with E-state index in [0.29, 0.717) is 43.4 Å². The van der Waals surface area contributed by atoms with E-state index >= 15 is 0 Å². The van der Waals surface area contributed by atoms with Crippen LogP contribution in [0.4, 0.5) is 4.39 Å². The minimum atomic E-state index is -0.325. The second-order valence-corrected chi connectivity index (χ2v) is 9.95. The highest BCUT2D eigenvalue weighted by Gasteiger charge is 2.25. The minimum Gasteiger partial charge on any atom is -0.354 e. The number of halogens is 1. The average Bonchev–Trinajstić information content (AvgIpc) is 2.89. The monoisotopic (exact) mass is 488 g/mol. The molecule has 7 heteroatoms. The lowest BCUT2D eigenvalue weighted by molar-refractivity contribution is -0.124. The Morgan fingerprint density at radius 1 is 1.08 bits per heavy atom. The molecule has 0 unspecified atom stereocenters. The number of amides is 2. The second kappa shape index (κ2) is 11.2. The molecule has 2 N–H and O–H groups in total. The van der Waals surface area contributed by atoms with Crippen LogP contribution in [-0.2, 0) is 11.3 Å². The first-order valence-corrected chi connectivity index (χ1v) is 13.0. The van der Waals surface area contributed by atoms with Crippen LogP contribution in [0.3, 0.4) is 0 Å². The Balaban J connectivity index is 1.53. The van der Waals surface area contributed by atoms with Crippen molar-refractivity contribution >= 4 is 22.7 Å². The van der Waals surface area contributed by atoms with Gasteiger partial charge in [-0.2, -0.15) is 0 Å². The smallest absolute Gasteiger partial charge is 0.252 e. The third kappa shape index (κ3) is 5.57. The molecule has 2 fully saturated rings. The van der Waals surface area contributed by atoms with E-state index in [1.165, 1.54) is 44.2 Å². The van der Waals surface area contributed by atoms with Crippen molar-refractivity contribution in [2.24, 2.45) is 5.92 Å². The molecule has 1 saturated heterocycles. The van der Waals surface area contributed by atoms with Crippen molar-refractivity contribution in [3.8, 4) is 11.3 Å². The zero-order valence-corrected chi connectivity index (χ0v) is 20.6. The van der Waals surface area contributed by atoms with Crippen LogP contribution >= 0.6 is 0 Å². The van der Waals surface area contributed by atoms with Crippen molar-refractivity contribution in [2.45, 2.75) is 45.1 Å². The number of carbonyl (C=O) groups is 2. The van der Waals surface area contributed by atoms with Gasteiger partial charge in [-0.05, 0) is 42.7 Å². The number of nitrogens with zero attached hydrogens (tertiary/aromatic N) is 2. The first-order valence-electron chi connectivity index (χ1n) is 13.0. The Labute approximate surface area is 211 Å². The van der Waals surface area contributed by atoms with Crippen LogP contribution in [0.15, 0.2) is 48.5 Å². The summed E-state index contributed by atoms with van der Waals surface area (Å²) in [5.41, 5.74) is 3.47. The summed E-state index contributed by atoms with van der Waals surface area (Å²) in [7, 11) is 0. The summed E-state index contributed by atoms with van der Waals surface area (Å²) in [6.45, 7) is 2.55. The molecule has 2 heterocycles. The number of aromatic nitrogens is 1. The summed E-state index contributed by atoms with van der Waals surface area (Å²) in [6.07, 6.45) is 7.34. The van der Waals surface area contributed by atoms with E-state index < -0.39 is 0 Å².